The quantitative estimate of drug-likeness (QED) is 0.492. The van der Waals surface area contributed by atoms with E-state index >= 15 is 0 Å². The number of carbonyl (C=O) groups is 4. The summed E-state index contributed by atoms with van der Waals surface area (Å²) in [6, 6.07) is 8.46. The van der Waals surface area contributed by atoms with Crippen LogP contribution in [0, 0.1) is 11.7 Å². The third kappa shape index (κ3) is 4.70. The number of rotatable bonds is 7. The number of amides is 4. The number of nitrogens with zero attached hydrogens (tertiary/aromatic N) is 2. The lowest BCUT2D eigenvalue weighted by Gasteiger charge is -2.30. The number of halogens is 1. The maximum absolute atomic E-state index is 14.3. The van der Waals surface area contributed by atoms with Gasteiger partial charge in [-0.2, -0.15) is 0 Å². The third-order valence-corrected chi connectivity index (χ3v) is 5.67. The van der Waals surface area contributed by atoms with Crippen LogP contribution < -0.4 is 19.8 Å². The van der Waals surface area contributed by atoms with E-state index in [0.717, 1.165) is 11.1 Å². The molecule has 3 rings (SSSR count). The molecule has 2 unspecified atom stereocenters. The summed E-state index contributed by atoms with van der Waals surface area (Å²) in [4.78, 5) is 52.7. The minimum atomic E-state index is -1.32. The maximum atomic E-state index is 14.3. The summed E-state index contributed by atoms with van der Waals surface area (Å²) < 4.78 is 24.7. The Morgan fingerprint density at radius 3 is 2.44 bits per heavy atom. The summed E-state index contributed by atoms with van der Waals surface area (Å²) in [5, 5.41) is 0.883. The Kier molecular flexibility index (Phi) is 7.50. The van der Waals surface area contributed by atoms with Crippen molar-refractivity contribution >= 4 is 29.3 Å². The van der Waals surface area contributed by atoms with Crippen molar-refractivity contribution in [3.05, 3.63) is 53.8 Å². The van der Waals surface area contributed by atoms with Crippen molar-refractivity contribution < 1.29 is 33.0 Å². The predicted octanol–water partition coefficient (Wildman–Crippen LogP) is 2.69. The number of methoxy groups -OCH3 is 2. The van der Waals surface area contributed by atoms with Crippen molar-refractivity contribution in [2.24, 2.45) is 5.92 Å². The van der Waals surface area contributed by atoms with E-state index in [1.54, 1.807) is 13.8 Å². The van der Waals surface area contributed by atoms with Crippen LogP contribution in [0.5, 0.6) is 11.5 Å². The lowest BCUT2D eigenvalue weighted by molar-refractivity contribution is -0.144. The van der Waals surface area contributed by atoms with Crippen molar-refractivity contribution in [2.45, 2.75) is 32.7 Å². The zero-order valence-electron chi connectivity index (χ0n) is 19.3. The molecule has 34 heavy (non-hydrogen) atoms. The molecule has 0 aliphatic carbocycles. The fraction of sp³-hybridized carbons (Fsp3) is 0.333. The SMILES string of the molecule is CCC(C)C(=O)N(NC(=O)c1ccc(OC)c(OC)c1)C1CC(=O)N(c2ccccc2F)C1=O. The van der Waals surface area contributed by atoms with Crippen LogP contribution in [0.15, 0.2) is 42.5 Å². The highest BCUT2D eigenvalue weighted by molar-refractivity contribution is 6.23. The molecule has 1 N–H and O–H groups in total. The summed E-state index contributed by atoms with van der Waals surface area (Å²) in [6.45, 7) is 3.43. The first-order valence-electron chi connectivity index (χ1n) is 10.7. The molecule has 180 valence electrons. The van der Waals surface area contributed by atoms with Crippen LogP contribution >= 0.6 is 0 Å². The number of hydrazine groups is 1. The van der Waals surface area contributed by atoms with Crippen LogP contribution in [0.25, 0.3) is 0 Å². The average molecular weight is 471 g/mol. The van der Waals surface area contributed by atoms with Gasteiger partial charge in [0.15, 0.2) is 11.5 Å². The van der Waals surface area contributed by atoms with E-state index in [4.69, 9.17) is 9.47 Å². The fourth-order valence-corrected chi connectivity index (χ4v) is 3.55. The van der Waals surface area contributed by atoms with Crippen molar-refractivity contribution in [2.75, 3.05) is 19.1 Å². The lowest BCUT2D eigenvalue weighted by atomic mass is 10.1. The molecule has 0 bridgehead atoms. The Morgan fingerprint density at radius 2 is 1.82 bits per heavy atom. The Labute approximate surface area is 196 Å². The molecule has 4 amide bonds. The van der Waals surface area contributed by atoms with Crippen LogP contribution in [0.4, 0.5) is 10.1 Å². The van der Waals surface area contributed by atoms with E-state index in [1.807, 2.05) is 0 Å². The summed E-state index contributed by atoms with van der Waals surface area (Å²) in [5.41, 5.74) is 2.41. The largest absolute Gasteiger partial charge is 0.493 e. The topological polar surface area (TPSA) is 105 Å². The summed E-state index contributed by atoms with van der Waals surface area (Å²) in [6.07, 6.45) is 0.0367. The first-order chi connectivity index (χ1) is 16.2. The van der Waals surface area contributed by atoms with Crippen molar-refractivity contribution in [1.29, 1.82) is 0 Å². The molecular formula is C24H26FN3O6. The second kappa shape index (κ2) is 10.3. The van der Waals surface area contributed by atoms with E-state index in [1.165, 1.54) is 50.6 Å². The molecule has 9 nitrogen and oxygen atoms in total. The van der Waals surface area contributed by atoms with Gasteiger partial charge in [-0.25, -0.2) is 14.3 Å². The highest BCUT2D eigenvalue weighted by atomic mass is 19.1. The number of carbonyl (C=O) groups excluding carboxylic acids is 4. The van der Waals surface area contributed by atoms with Gasteiger partial charge in [0.1, 0.15) is 11.9 Å². The number of hydrogen-bond donors (Lipinski definition) is 1. The molecule has 0 spiro atoms. The van der Waals surface area contributed by atoms with Gasteiger partial charge in [0, 0.05) is 11.5 Å². The molecule has 0 radical (unpaired) electrons. The molecule has 1 aliphatic heterocycles. The van der Waals surface area contributed by atoms with Crippen LogP contribution in [0.2, 0.25) is 0 Å². The average Bonchev–Trinajstić information content (AvgIpc) is 3.14. The monoisotopic (exact) mass is 471 g/mol. The highest BCUT2D eigenvalue weighted by Crippen LogP contribution is 2.29. The molecule has 1 aliphatic rings. The normalized spacial score (nSPS) is 16.3. The standard InChI is InChI=1S/C24H26FN3O6/c1-5-14(2)23(31)28(26-22(30)15-10-11-19(33-3)20(12-15)34-4)18-13-21(29)27(24(18)32)17-9-7-6-8-16(17)25/h6-12,14,18H,5,13H2,1-4H3,(H,26,30). The number of nitrogens with one attached hydrogen (secondary N) is 1. The molecule has 2 atom stereocenters. The number of hydrogen-bond acceptors (Lipinski definition) is 6. The van der Waals surface area contributed by atoms with Crippen molar-refractivity contribution in [1.82, 2.24) is 10.4 Å². The molecule has 1 heterocycles. The van der Waals surface area contributed by atoms with Crippen molar-refractivity contribution in [3.63, 3.8) is 0 Å². The number of imide groups is 1. The predicted molar refractivity (Wildman–Crippen MR) is 121 cm³/mol. The Balaban J connectivity index is 1.93. The molecular weight excluding hydrogens is 445 g/mol. The smallest absolute Gasteiger partial charge is 0.270 e. The molecule has 0 aromatic heterocycles. The van der Waals surface area contributed by atoms with Gasteiger partial charge in [-0.3, -0.25) is 24.6 Å². The van der Waals surface area contributed by atoms with E-state index < -0.39 is 47.8 Å². The van der Waals surface area contributed by atoms with Gasteiger partial charge in [0.25, 0.3) is 11.8 Å². The number of para-hydroxylation sites is 1. The van der Waals surface area contributed by atoms with Gasteiger partial charge in [0.2, 0.25) is 11.8 Å². The molecule has 10 heteroatoms. The van der Waals surface area contributed by atoms with Crippen LogP contribution in [0.1, 0.15) is 37.0 Å². The van der Waals surface area contributed by atoms with Crippen LogP contribution in [0.3, 0.4) is 0 Å². The molecule has 2 aromatic carbocycles. The summed E-state index contributed by atoms with van der Waals surface area (Å²) in [5.74, 6) is -3.31. The maximum Gasteiger partial charge on any atom is 0.270 e. The molecule has 1 fully saturated rings. The second-order valence-electron chi connectivity index (χ2n) is 7.77. The van der Waals surface area contributed by atoms with Gasteiger partial charge in [-0.1, -0.05) is 26.0 Å². The van der Waals surface area contributed by atoms with Gasteiger partial charge in [-0.05, 0) is 36.8 Å². The number of anilines is 1. The minimum Gasteiger partial charge on any atom is -0.493 e. The number of ether oxygens (including phenoxy) is 2. The van der Waals surface area contributed by atoms with Crippen LogP contribution in [-0.2, 0) is 14.4 Å². The summed E-state index contributed by atoms with van der Waals surface area (Å²) in [7, 11) is 2.87. The lowest BCUT2D eigenvalue weighted by Crippen LogP contribution is -2.56. The fourth-order valence-electron chi connectivity index (χ4n) is 3.55. The Morgan fingerprint density at radius 1 is 1.15 bits per heavy atom. The second-order valence-corrected chi connectivity index (χ2v) is 7.77. The first kappa shape index (κ1) is 24.7. The zero-order chi connectivity index (χ0) is 25.0. The van der Waals surface area contributed by atoms with Crippen molar-refractivity contribution in [3.8, 4) is 11.5 Å². The van der Waals surface area contributed by atoms with Gasteiger partial charge >= 0.3 is 0 Å². The van der Waals surface area contributed by atoms with Gasteiger partial charge in [-0.15, -0.1) is 0 Å². The Hall–Kier alpha value is -3.95. The van der Waals surface area contributed by atoms with Crippen LogP contribution in [-0.4, -0.2) is 48.9 Å². The zero-order valence-corrected chi connectivity index (χ0v) is 19.3. The third-order valence-electron chi connectivity index (χ3n) is 5.67. The first-order valence-corrected chi connectivity index (χ1v) is 10.7. The molecule has 1 saturated heterocycles. The van der Waals surface area contributed by atoms with E-state index in [2.05, 4.69) is 5.43 Å². The van der Waals surface area contributed by atoms with E-state index in [-0.39, 0.29) is 11.3 Å². The summed E-state index contributed by atoms with van der Waals surface area (Å²) >= 11 is 0. The van der Waals surface area contributed by atoms with E-state index in [0.29, 0.717) is 22.8 Å². The molecule has 0 saturated carbocycles. The van der Waals surface area contributed by atoms with Gasteiger partial charge in [0.05, 0.1) is 26.3 Å². The van der Waals surface area contributed by atoms with Gasteiger partial charge < -0.3 is 9.47 Å². The number of benzene rings is 2. The Bertz CT molecular complexity index is 1120. The minimum absolute atomic E-state index is 0.141. The molecule has 2 aromatic rings. The highest BCUT2D eigenvalue weighted by Gasteiger charge is 2.46. The van der Waals surface area contributed by atoms with E-state index in [9.17, 15) is 23.6 Å².